The van der Waals surface area contributed by atoms with Gasteiger partial charge in [0, 0.05) is 56.6 Å². The van der Waals surface area contributed by atoms with Gasteiger partial charge in [0.25, 0.3) is 0 Å². The topological polar surface area (TPSA) is 126 Å². The Labute approximate surface area is 346 Å². The third-order valence-electron chi connectivity index (χ3n) is 10.6. The van der Waals surface area contributed by atoms with Crippen molar-refractivity contribution in [2.75, 3.05) is 10.6 Å². The second-order valence-corrected chi connectivity index (χ2v) is 20.1. The largest absolute Gasteiger partial charge is 0.326 e. The van der Waals surface area contributed by atoms with Crippen LogP contribution < -0.4 is 31.9 Å². The van der Waals surface area contributed by atoms with E-state index in [0.717, 1.165) is 11.1 Å². The van der Waals surface area contributed by atoms with Gasteiger partial charge >= 0.3 is 0 Å². The van der Waals surface area contributed by atoms with E-state index in [0.29, 0.717) is 60.4 Å². The van der Waals surface area contributed by atoms with Crippen molar-refractivity contribution in [2.45, 2.75) is 60.8 Å². The molecule has 0 bridgehead atoms. The van der Waals surface area contributed by atoms with E-state index in [9.17, 15) is 28.3 Å². The molecule has 0 aromatic heterocycles. The second-order valence-electron chi connectivity index (χ2n) is 14.7. The molecule has 0 saturated heterocycles. The van der Waals surface area contributed by atoms with Crippen LogP contribution in [0, 0.1) is 53.7 Å². The lowest BCUT2D eigenvalue weighted by molar-refractivity contribution is -0.117. The first-order valence-electron chi connectivity index (χ1n) is 19.4. The van der Waals surface area contributed by atoms with Gasteiger partial charge in [-0.3, -0.25) is 19.2 Å². The lowest BCUT2D eigenvalue weighted by Crippen LogP contribution is -2.24. The highest BCUT2D eigenvalue weighted by Gasteiger charge is 2.40. The molecule has 6 aromatic carbocycles. The summed E-state index contributed by atoms with van der Waals surface area (Å²) >= 11 is 0. The zero-order chi connectivity index (χ0) is 42.5. The van der Waals surface area contributed by atoms with Crippen LogP contribution in [0.15, 0.2) is 121 Å². The third kappa shape index (κ3) is 8.41. The van der Waals surface area contributed by atoms with Gasteiger partial charge in [0.1, 0.15) is 0 Å². The molecule has 0 heterocycles. The van der Waals surface area contributed by atoms with Crippen molar-refractivity contribution in [3.63, 3.8) is 0 Å². The van der Waals surface area contributed by atoms with E-state index in [2.05, 4.69) is 22.8 Å². The standard InChI is InChI=1S/C49H46N2O6P2/c1-32-30-34(3)46(36(5)44(32)48(54)58(56,38-20-11-7-12-21-38)39-22-13-8-14-23-39)50-42(52)28-19-29-43(53)51-47-35(4)31-33(2)45(37(47)6)49(55)59(57,40-24-15-9-16-25-40)41-26-17-10-18-27-41/h7-9,11-17,20-27,30-31H,19,28-29H2,1-6H3,(H,50,52)(H,51,53). The number of amides is 2. The summed E-state index contributed by atoms with van der Waals surface area (Å²) in [5.74, 6) is -0.692. The summed E-state index contributed by atoms with van der Waals surface area (Å²) < 4.78 is 29.9. The van der Waals surface area contributed by atoms with Gasteiger partial charge < -0.3 is 19.8 Å². The Morgan fingerprint density at radius 2 is 0.864 bits per heavy atom. The minimum atomic E-state index is -3.85. The number of hydrogen-bond donors (Lipinski definition) is 2. The van der Waals surface area contributed by atoms with E-state index in [4.69, 9.17) is 0 Å². The molecule has 0 radical (unpaired) electrons. The van der Waals surface area contributed by atoms with Crippen LogP contribution in [-0.2, 0) is 18.7 Å². The van der Waals surface area contributed by atoms with E-state index in [1.807, 2.05) is 32.0 Å². The number of nitrogens with one attached hydrogen (secondary N) is 2. The maximum atomic E-state index is 14.9. The summed E-state index contributed by atoms with van der Waals surface area (Å²) in [5, 5.41) is 7.50. The lowest BCUT2D eigenvalue weighted by Gasteiger charge is -2.23. The highest BCUT2D eigenvalue weighted by atomic mass is 31.2. The molecule has 59 heavy (non-hydrogen) atoms. The number of aryl methyl sites for hydroxylation is 4. The third-order valence-corrected chi connectivity index (χ3v) is 16.3. The smallest absolute Gasteiger partial charge is 0.230 e. The fraction of sp³-hybridized carbons (Fsp3) is 0.184. The summed E-state index contributed by atoms with van der Waals surface area (Å²) in [6, 6.07) is 40.1. The molecule has 10 heteroatoms. The summed E-state index contributed by atoms with van der Waals surface area (Å²) in [5.41, 5.74) is 4.21. The molecule has 6 rings (SSSR count). The Morgan fingerprint density at radius 3 is 1.22 bits per heavy atom. The minimum Gasteiger partial charge on any atom is -0.326 e. The Hall–Kier alpha value is -6.12. The van der Waals surface area contributed by atoms with Crippen molar-refractivity contribution >= 4 is 69.7 Å². The normalized spacial score (nSPS) is 11.4. The van der Waals surface area contributed by atoms with Gasteiger partial charge in [-0.25, -0.2) is 0 Å². The molecule has 0 aliphatic rings. The van der Waals surface area contributed by atoms with Crippen LogP contribution in [0.4, 0.5) is 11.4 Å². The fourth-order valence-electron chi connectivity index (χ4n) is 7.76. The quantitative estimate of drug-likeness (QED) is 0.106. The van der Waals surface area contributed by atoms with Crippen molar-refractivity contribution in [1.82, 2.24) is 0 Å². The molecule has 0 aliphatic heterocycles. The maximum Gasteiger partial charge on any atom is 0.230 e. The van der Waals surface area contributed by atoms with Crippen molar-refractivity contribution in [1.29, 1.82) is 0 Å². The van der Waals surface area contributed by atoms with E-state index in [-0.39, 0.29) is 36.6 Å². The molecule has 2 N–H and O–H groups in total. The van der Waals surface area contributed by atoms with Gasteiger partial charge in [-0.05, 0) is 99.5 Å². The molecule has 6 aromatic rings. The molecular formula is C49H46N2O6P2. The van der Waals surface area contributed by atoms with Crippen LogP contribution in [-0.4, -0.2) is 22.9 Å². The molecule has 8 nitrogen and oxygen atoms in total. The maximum absolute atomic E-state index is 14.9. The predicted molar refractivity (Wildman–Crippen MR) is 238 cm³/mol. The molecule has 2 amide bonds. The van der Waals surface area contributed by atoms with Crippen LogP contribution in [0.1, 0.15) is 73.4 Å². The second kappa shape index (κ2) is 17.8. The summed E-state index contributed by atoms with van der Waals surface area (Å²) in [4.78, 5) is 55.8. The Balaban J connectivity index is 1.18. The number of rotatable bonds is 14. The van der Waals surface area contributed by atoms with Gasteiger partial charge in [-0.2, -0.15) is 0 Å². The highest BCUT2D eigenvalue weighted by molar-refractivity contribution is 7.94. The average Bonchev–Trinajstić information content (AvgIpc) is 3.24. The fourth-order valence-corrected chi connectivity index (χ4v) is 12.9. The molecule has 1 atom stereocenters. The Bertz CT molecular complexity index is 2390. The first-order chi connectivity index (χ1) is 28.2. The number of benzene rings is 5. The van der Waals surface area contributed by atoms with Crippen LogP contribution in [0.2, 0.25) is 0 Å². The van der Waals surface area contributed by atoms with Gasteiger partial charge in [0.15, 0.2) is 0 Å². The monoisotopic (exact) mass is 820 g/mol. The lowest BCUT2D eigenvalue weighted by atomic mass is 9.97. The van der Waals surface area contributed by atoms with Crippen LogP contribution in [0.25, 0.3) is 0 Å². The van der Waals surface area contributed by atoms with Crippen molar-refractivity contribution < 1.29 is 28.3 Å². The molecule has 0 saturated carbocycles. The number of carbonyl (C=O) groups is 4. The van der Waals surface area contributed by atoms with Gasteiger partial charge in [0.2, 0.25) is 37.1 Å². The Kier molecular flexibility index (Phi) is 12.8. The zero-order valence-electron chi connectivity index (χ0n) is 34.0. The number of anilines is 2. The average molecular weight is 821 g/mol. The summed E-state index contributed by atoms with van der Waals surface area (Å²) in [6.45, 7) is 10.8. The van der Waals surface area contributed by atoms with Crippen LogP contribution in [0.3, 0.4) is 0 Å². The number of hydrogen-bond acceptors (Lipinski definition) is 6. The molecular weight excluding hydrogens is 774 g/mol. The van der Waals surface area contributed by atoms with Crippen molar-refractivity contribution in [3.05, 3.63) is 178 Å². The van der Waals surface area contributed by atoms with Crippen molar-refractivity contribution in [2.24, 2.45) is 0 Å². The van der Waals surface area contributed by atoms with E-state index in [1.54, 1.807) is 125 Å². The number of carbonyl (C=O) groups excluding carboxylic acids is 4. The molecule has 298 valence electrons. The van der Waals surface area contributed by atoms with Crippen LogP contribution in [0.5, 0.6) is 0 Å². The minimum absolute atomic E-state index is 0.00917. The Morgan fingerprint density at radius 1 is 0.492 bits per heavy atom. The predicted octanol–water partition coefficient (Wildman–Crippen LogP) is 9.19. The summed E-state index contributed by atoms with van der Waals surface area (Å²) in [7, 11) is -7.66. The van der Waals surface area contributed by atoms with E-state index < -0.39 is 25.3 Å². The van der Waals surface area contributed by atoms with E-state index >= 15 is 0 Å². The zero-order valence-corrected chi connectivity index (χ0v) is 35.8. The highest BCUT2D eigenvalue weighted by Crippen LogP contribution is 2.50. The first kappa shape index (κ1) is 42.5. The summed E-state index contributed by atoms with van der Waals surface area (Å²) in [6.07, 6.45) is 0.234. The molecule has 0 spiro atoms. The SMILES string of the molecule is Cc1cc(C)c(C(=O)P(=O)(c2cc#ccc2)c2ccccc2)c(C)c1NC(=O)CCCC(=O)Nc1c(C)cc(C)c(C(=O)P(=O)(c2ccccc2)c2ccccc2)c1C. The van der Waals surface area contributed by atoms with Gasteiger partial charge in [-0.15, -0.1) is 0 Å². The van der Waals surface area contributed by atoms with E-state index in [1.165, 1.54) is 6.07 Å². The molecule has 0 fully saturated rings. The van der Waals surface area contributed by atoms with Gasteiger partial charge in [-0.1, -0.05) is 115 Å². The van der Waals surface area contributed by atoms with Crippen molar-refractivity contribution in [3.8, 4) is 0 Å². The first-order valence-corrected chi connectivity index (χ1v) is 22.8. The van der Waals surface area contributed by atoms with Crippen LogP contribution >= 0.6 is 14.3 Å². The molecule has 0 aliphatic carbocycles. The van der Waals surface area contributed by atoms with Gasteiger partial charge in [0.05, 0.1) is 0 Å². The molecule has 1 unspecified atom stereocenters.